The molecule has 5 N–H and O–H groups in total. The highest BCUT2D eigenvalue weighted by atomic mass is 16.6. The minimum atomic E-state index is -0.507. The SMILES string of the molecule is CC(C)(C)OC(=O)N1Cc2ccc(OC/C(=N/N)NN)cc2C1. The lowest BCUT2D eigenvalue weighted by molar-refractivity contribution is 0.0242. The van der Waals surface area contributed by atoms with Crippen molar-refractivity contribution in [2.75, 3.05) is 6.61 Å². The fourth-order valence-corrected chi connectivity index (χ4v) is 2.18. The summed E-state index contributed by atoms with van der Waals surface area (Å²) in [6.07, 6.45) is -0.318. The molecule has 0 saturated heterocycles. The zero-order valence-corrected chi connectivity index (χ0v) is 13.6. The molecule has 0 aliphatic carbocycles. The number of amides is 1. The smallest absolute Gasteiger partial charge is 0.410 e. The van der Waals surface area contributed by atoms with E-state index in [9.17, 15) is 4.79 Å². The summed E-state index contributed by atoms with van der Waals surface area (Å²) in [6, 6.07) is 5.66. The fourth-order valence-electron chi connectivity index (χ4n) is 2.18. The maximum absolute atomic E-state index is 12.1. The van der Waals surface area contributed by atoms with E-state index in [2.05, 4.69) is 10.5 Å². The molecule has 8 heteroatoms. The summed E-state index contributed by atoms with van der Waals surface area (Å²) in [5.74, 6) is 11.4. The van der Waals surface area contributed by atoms with Crippen molar-refractivity contribution in [1.82, 2.24) is 10.3 Å². The first kappa shape index (κ1) is 16.9. The minimum absolute atomic E-state index is 0.140. The highest BCUT2D eigenvalue weighted by molar-refractivity contribution is 5.82. The lowest BCUT2D eigenvalue weighted by atomic mass is 10.1. The predicted molar refractivity (Wildman–Crippen MR) is 86.4 cm³/mol. The average molecular weight is 321 g/mol. The molecular weight excluding hydrogens is 298 g/mol. The lowest BCUT2D eigenvalue weighted by Gasteiger charge is -2.24. The van der Waals surface area contributed by atoms with E-state index in [0.717, 1.165) is 11.1 Å². The number of carbonyl (C=O) groups is 1. The summed E-state index contributed by atoms with van der Waals surface area (Å²) >= 11 is 0. The third kappa shape index (κ3) is 4.49. The number of nitrogens with zero attached hydrogens (tertiary/aromatic N) is 2. The van der Waals surface area contributed by atoms with Gasteiger partial charge in [-0.1, -0.05) is 6.07 Å². The molecule has 1 amide bonds. The van der Waals surface area contributed by atoms with Crippen molar-refractivity contribution in [3.63, 3.8) is 0 Å². The number of nitrogens with two attached hydrogens (primary N) is 2. The van der Waals surface area contributed by atoms with Crippen molar-refractivity contribution >= 4 is 11.9 Å². The van der Waals surface area contributed by atoms with Crippen LogP contribution in [-0.4, -0.2) is 29.0 Å². The molecule has 0 spiro atoms. The molecule has 1 aliphatic rings. The lowest BCUT2D eigenvalue weighted by Crippen LogP contribution is -2.35. The molecule has 126 valence electrons. The Kier molecular flexibility index (Phi) is 4.95. The van der Waals surface area contributed by atoms with Gasteiger partial charge in [-0.25, -0.2) is 10.6 Å². The molecule has 0 atom stereocenters. The number of hydrazone groups is 1. The van der Waals surface area contributed by atoms with Crippen LogP contribution in [0.4, 0.5) is 4.79 Å². The van der Waals surface area contributed by atoms with E-state index in [1.807, 2.05) is 39.0 Å². The number of ether oxygens (including phenoxy) is 2. The summed E-state index contributed by atoms with van der Waals surface area (Å²) in [5.41, 5.74) is 3.95. The molecular formula is C15H23N5O3. The highest BCUT2D eigenvalue weighted by Gasteiger charge is 2.27. The molecule has 1 aromatic carbocycles. The Balaban J connectivity index is 1.99. The zero-order valence-electron chi connectivity index (χ0n) is 13.6. The van der Waals surface area contributed by atoms with Crippen LogP contribution in [-0.2, 0) is 17.8 Å². The molecule has 0 radical (unpaired) electrons. The summed E-state index contributed by atoms with van der Waals surface area (Å²) < 4.78 is 11.0. The van der Waals surface area contributed by atoms with E-state index in [1.54, 1.807) is 4.90 Å². The fraction of sp³-hybridized carbons (Fsp3) is 0.467. The molecule has 0 unspecified atom stereocenters. The second kappa shape index (κ2) is 6.74. The number of benzene rings is 1. The van der Waals surface area contributed by atoms with E-state index in [0.29, 0.717) is 24.7 Å². The van der Waals surface area contributed by atoms with Crippen LogP contribution in [0, 0.1) is 0 Å². The van der Waals surface area contributed by atoms with E-state index < -0.39 is 5.60 Å². The number of carbonyl (C=O) groups excluding carboxylic acids is 1. The zero-order chi connectivity index (χ0) is 17.0. The average Bonchev–Trinajstić information content (AvgIpc) is 2.90. The molecule has 0 aromatic heterocycles. The molecule has 23 heavy (non-hydrogen) atoms. The van der Waals surface area contributed by atoms with Crippen LogP contribution in [0.25, 0.3) is 0 Å². The van der Waals surface area contributed by atoms with Gasteiger partial charge in [0.15, 0.2) is 5.84 Å². The van der Waals surface area contributed by atoms with Gasteiger partial charge in [-0.2, -0.15) is 5.10 Å². The topological polar surface area (TPSA) is 115 Å². The second-order valence-corrected chi connectivity index (χ2v) is 6.28. The Morgan fingerprint density at radius 3 is 2.65 bits per heavy atom. The van der Waals surface area contributed by atoms with Crippen molar-refractivity contribution in [2.24, 2.45) is 16.8 Å². The standard InChI is InChI=1S/C15H23N5O3/c1-15(2,3)23-14(21)20-7-10-4-5-12(6-11(10)8-20)22-9-13(18-16)19-17/h4-6H,7-9,16-17H2,1-3H3,(H,18,19). The first-order chi connectivity index (χ1) is 10.8. The molecule has 0 bridgehead atoms. The summed E-state index contributed by atoms with van der Waals surface area (Å²) in [5, 5.41) is 3.45. The van der Waals surface area contributed by atoms with E-state index >= 15 is 0 Å². The van der Waals surface area contributed by atoms with Crippen LogP contribution >= 0.6 is 0 Å². The van der Waals surface area contributed by atoms with Gasteiger partial charge >= 0.3 is 6.09 Å². The third-order valence-electron chi connectivity index (χ3n) is 3.25. The van der Waals surface area contributed by atoms with Crippen LogP contribution in [0.5, 0.6) is 5.75 Å². The van der Waals surface area contributed by atoms with Gasteiger partial charge < -0.3 is 20.7 Å². The maximum atomic E-state index is 12.1. The Bertz CT molecular complexity index is 610. The maximum Gasteiger partial charge on any atom is 0.410 e. The van der Waals surface area contributed by atoms with Gasteiger partial charge in [0.1, 0.15) is 18.0 Å². The first-order valence-electron chi connectivity index (χ1n) is 7.28. The Morgan fingerprint density at radius 2 is 2.04 bits per heavy atom. The molecule has 1 aromatic rings. The monoisotopic (exact) mass is 321 g/mol. The van der Waals surface area contributed by atoms with E-state index in [-0.39, 0.29) is 12.7 Å². The summed E-state index contributed by atoms with van der Waals surface area (Å²) in [7, 11) is 0. The summed E-state index contributed by atoms with van der Waals surface area (Å²) in [6.45, 7) is 6.72. The summed E-state index contributed by atoms with van der Waals surface area (Å²) in [4.78, 5) is 13.8. The molecule has 2 rings (SSSR count). The van der Waals surface area contributed by atoms with Crippen molar-refractivity contribution in [3.8, 4) is 5.75 Å². The van der Waals surface area contributed by atoms with Gasteiger partial charge in [0, 0.05) is 13.1 Å². The minimum Gasteiger partial charge on any atom is -0.486 e. The van der Waals surface area contributed by atoms with E-state index in [4.69, 9.17) is 21.2 Å². The van der Waals surface area contributed by atoms with Crippen molar-refractivity contribution in [3.05, 3.63) is 29.3 Å². The van der Waals surface area contributed by atoms with Gasteiger partial charge in [-0.05, 0) is 44.0 Å². The number of rotatable bonds is 3. The Labute approximate surface area is 135 Å². The van der Waals surface area contributed by atoms with Crippen molar-refractivity contribution < 1.29 is 14.3 Å². The van der Waals surface area contributed by atoms with Gasteiger partial charge in [-0.3, -0.25) is 4.90 Å². The molecule has 0 saturated carbocycles. The van der Waals surface area contributed by atoms with Crippen LogP contribution < -0.4 is 21.8 Å². The molecule has 1 heterocycles. The predicted octanol–water partition coefficient (Wildman–Crippen LogP) is 1.05. The van der Waals surface area contributed by atoms with Crippen LogP contribution in [0.1, 0.15) is 31.9 Å². The Morgan fingerprint density at radius 1 is 1.35 bits per heavy atom. The normalized spacial score (nSPS) is 14.4. The second-order valence-electron chi connectivity index (χ2n) is 6.28. The van der Waals surface area contributed by atoms with Crippen LogP contribution in [0.2, 0.25) is 0 Å². The number of hydrazine groups is 1. The largest absolute Gasteiger partial charge is 0.486 e. The van der Waals surface area contributed by atoms with Crippen LogP contribution in [0.3, 0.4) is 0 Å². The van der Waals surface area contributed by atoms with Gasteiger partial charge in [0.05, 0.1) is 0 Å². The van der Waals surface area contributed by atoms with Gasteiger partial charge in [-0.15, -0.1) is 0 Å². The first-order valence-corrected chi connectivity index (χ1v) is 7.28. The quantitative estimate of drug-likeness (QED) is 0.332. The van der Waals surface area contributed by atoms with E-state index in [1.165, 1.54) is 0 Å². The third-order valence-corrected chi connectivity index (χ3v) is 3.25. The van der Waals surface area contributed by atoms with Crippen molar-refractivity contribution in [1.29, 1.82) is 0 Å². The highest BCUT2D eigenvalue weighted by Crippen LogP contribution is 2.28. The number of hydrogen-bond acceptors (Lipinski definition) is 6. The number of nitrogens with one attached hydrogen (secondary N) is 1. The molecule has 0 fully saturated rings. The van der Waals surface area contributed by atoms with Crippen LogP contribution in [0.15, 0.2) is 23.3 Å². The van der Waals surface area contributed by atoms with Gasteiger partial charge in [0.25, 0.3) is 0 Å². The molecule has 8 nitrogen and oxygen atoms in total. The Hall–Kier alpha value is -2.48. The number of hydrogen-bond donors (Lipinski definition) is 3. The van der Waals surface area contributed by atoms with Crippen molar-refractivity contribution in [2.45, 2.75) is 39.5 Å². The number of fused-ring (bicyclic) bond motifs is 1. The molecule has 1 aliphatic heterocycles. The van der Waals surface area contributed by atoms with Gasteiger partial charge in [0.2, 0.25) is 0 Å². The number of amidine groups is 1.